The lowest BCUT2D eigenvalue weighted by molar-refractivity contribution is -0.116. The standard InChI is InChI=1S/C19H22F2N2O4S/c1-3-23(4-2)28(26,27)15-7-9-18(24)17(12-15)22-19(25)10-5-13-11-14(20)6-8-16(13)21/h6-9,11-12,24H,3-5,10H2,1-2H3,(H,22,25). The number of hydrogen-bond acceptors (Lipinski definition) is 4. The smallest absolute Gasteiger partial charge is 0.243 e. The number of nitrogens with one attached hydrogen (secondary N) is 1. The fourth-order valence-electron chi connectivity index (χ4n) is 2.68. The maximum atomic E-state index is 13.6. The van der Waals surface area contributed by atoms with Gasteiger partial charge in [-0.15, -0.1) is 0 Å². The van der Waals surface area contributed by atoms with E-state index in [4.69, 9.17) is 0 Å². The van der Waals surface area contributed by atoms with E-state index in [1.807, 2.05) is 0 Å². The predicted molar refractivity (Wildman–Crippen MR) is 102 cm³/mol. The molecule has 2 aromatic carbocycles. The van der Waals surface area contributed by atoms with Crippen LogP contribution in [-0.4, -0.2) is 36.8 Å². The number of aryl methyl sites for hydroxylation is 1. The second-order valence-corrected chi connectivity index (χ2v) is 7.99. The van der Waals surface area contributed by atoms with Crippen LogP contribution in [0.4, 0.5) is 14.5 Å². The number of carbonyl (C=O) groups excluding carboxylic acids is 1. The van der Waals surface area contributed by atoms with E-state index in [2.05, 4.69) is 5.32 Å². The molecule has 1 amide bonds. The van der Waals surface area contributed by atoms with E-state index in [0.29, 0.717) is 0 Å². The molecular formula is C19H22F2N2O4S. The molecule has 0 saturated carbocycles. The van der Waals surface area contributed by atoms with E-state index in [1.54, 1.807) is 13.8 Å². The van der Waals surface area contributed by atoms with Gasteiger partial charge >= 0.3 is 0 Å². The Morgan fingerprint density at radius 1 is 1.11 bits per heavy atom. The summed E-state index contributed by atoms with van der Waals surface area (Å²) in [6.45, 7) is 3.96. The second kappa shape index (κ2) is 9.11. The zero-order chi connectivity index (χ0) is 20.9. The molecule has 0 atom stereocenters. The highest BCUT2D eigenvalue weighted by Gasteiger charge is 2.23. The number of aromatic hydroxyl groups is 1. The molecule has 2 N–H and O–H groups in total. The molecule has 28 heavy (non-hydrogen) atoms. The average molecular weight is 412 g/mol. The summed E-state index contributed by atoms with van der Waals surface area (Å²) in [5, 5.41) is 12.3. The van der Waals surface area contributed by atoms with Gasteiger partial charge in [-0.05, 0) is 48.4 Å². The van der Waals surface area contributed by atoms with E-state index in [9.17, 15) is 27.1 Å². The van der Waals surface area contributed by atoms with Crippen LogP contribution < -0.4 is 5.32 Å². The first kappa shape index (κ1) is 21.8. The van der Waals surface area contributed by atoms with Crippen LogP contribution in [-0.2, 0) is 21.2 Å². The fraction of sp³-hybridized carbons (Fsp3) is 0.316. The number of amides is 1. The molecule has 0 radical (unpaired) electrons. The van der Waals surface area contributed by atoms with Crippen LogP contribution in [0.2, 0.25) is 0 Å². The SMILES string of the molecule is CCN(CC)S(=O)(=O)c1ccc(O)c(NC(=O)CCc2cc(F)ccc2F)c1. The molecule has 0 fully saturated rings. The van der Waals surface area contributed by atoms with E-state index < -0.39 is 27.6 Å². The number of phenols is 1. The number of phenolic OH excluding ortho intramolecular Hbond substituents is 1. The maximum Gasteiger partial charge on any atom is 0.243 e. The Morgan fingerprint density at radius 3 is 2.43 bits per heavy atom. The summed E-state index contributed by atoms with van der Waals surface area (Å²) in [6, 6.07) is 6.58. The number of hydrogen-bond donors (Lipinski definition) is 2. The van der Waals surface area contributed by atoms with Crippen molar-refractivity contribution in [3.05, 3.63) is 53.6 Å². The van der Waals surface area contributed by atoms with E-state index in [1.165, 1.54) is 22.5 Å². The van der Waals surface area contributed by atoms with E-state index in [-0.39, 0.29) is 47.8 Å². The van der Waals surface area contributed by atoms with Gasteiger partial charge in [-0.1, -0.05) is 13.8 Å². The maximum absolute atomic E-state index is 13.6. The number of nitrogens with zero attached hydrogens (tertiary/aromatic N) is 1. The molecule has 0 unspecified atom stereocenters. The molecule has 152 valence electrons. The minimum atomic E-state index is -3.76. The molecule has 2 aromatic rings. The molecule has 0 heterocycles. The van der Waals surface area contributed by atoms with Gasteiger partial charge in [0.15, 0.2) is 0 Å². The number of rotatable bonds is 8. The highest BCUT2D eigenvalue weighted by molar-refractivity contribution is 7.89. The van der Waals surface area contributed by atoms with Crippen molar-refractivity contribution in [2.45, 2.75) is 31.6 Å². The fourth-order valence-corrected chi connectivity index (χ4v) is 4.17. The van der Waals surface area contributed by atoms with Crippen LogP contribution >= 0.6 is 0 Å². The highest BCUT2D eigenvalue weighted by Crippen LogP contribution is 2.28. The van der Waals surface area contributed by atoms with Crippen LogP contribution in [0.3, 0.4) is 0 Å². The van der Waals surface area contributed by atoms with Gasteiger partial charge in [0, 0.05) is 19.5 Å². The van der Waals surface area contributed by atoms with Crippen molar-refractivity contribution >= 4 is 21.6 Å². The molecule has 0 bridgehead atoms. The minimum Gasteiger partial charge on any atom is -0.506 e. The molecule has 0 aliphatic rings. The van der Waals surface area contributed by atoms with Gasteiger partial charge in [-0.2, -0.15) is 4.31 Å². The van der Waals surface area contributed by atoms with Gasteiger partial charge in [0.25, 0.3) is 0 Å². The first-order chi connectivity index (χ1) is 13.2. The molecule has 0 aliphatic heterocycles. The van der Waals surface area contributed by atoms with Crippen LogP contribution in [0.5, 0.6) is 5.75 Å². The lowest BCUT2D eigenvalue weighted by Crippen LogP contribution is -2.30. The van der Waals surface area contributed by atoms with E-state index in [0.717, 1.165) is 18.2 Å². The Labute approximate surface area is 162 Å². The number of halogens is 2. The Bertz CT molecular complexity index is 960. The topological polar surface area (TPSA) is 86.7 Å². The molecular weight excluding hydrogens is 390 g/mol. The van der Waals surface area contributed by atoms with Crippen molar-refractivity contribution in [1.82, 2.24) is 4.31 Å². The Morgan fingerprint density at radius 2 is 1.79 bits per heavy atom. The molecule has 6 nitrogen and oxygen atoms in total. The van der Waals surface area contributed by atoms with Gasteiger partial charge < -0.3 is 10.4 Å². The van der Waals surface area contributed by atoms with E-state index >= 15 is 0 Å². The first-order valence-corrected chi connectivity index (χ1v) is 10.2. The van der Waals surface area contributed by atoms with Gasteiger partial charge in [-0.25, -0.2) is 17.2 Å². The van der Waals surface area contributed by atoms with Crippen LogP contribution in [0.1, 0.15) is 25.8 Å². The van der Waals surface area contributed by atoms with Crippen molar-refractivity contribution in [2.24, 2.45) is 0 Å². The number of sulfonamides is 1. The number of anilines is 1. The monoisotopic (exact) mass is 412 g/mol. The second-order valence-electron chi connectivity index (χ2n) is 6.05. The molecule has 0 aliphatic carbocycles. The van der Waals surface area contributed by atoms with Crippen LogP contribution in [0, 0.1) is 11.6 Å². The molecule has 0 spiro atoms. The molecule has 0 aromatic heterocycles. The zero-order valence-electron chi connectivity index (χ0n) is 15.6. The summed E-state index contributed by atoms with van der Waals surface area (Å²) in [6.07, 6.45) is -0.222. The highest BCUT2D eigenvalue weighted by atomic mass is 32.2. The third-order valence-electron chi connectivity index (χ3n) is 4.21. The van der Waals surface area contributed by atoms with Gasteiger partial charge in [0.05, 0.1) is 10.6 Å². The summed E-state index contributed by atoms with van der Waals surface area (Å²) >= 11 is 0. The van der Waals surface area contributed by atoms with Crippen molar-refractivity contribution in [3.8, 4) is 5.75 Å². The molecule has 9 heteroatoms. The first-order valence-electron chi connectivity index (χ1n) is 8.76. The lowest BCUT2D eigenvalue weighted by Gasteiger charge is -2.19. The van der Waals surface area contributed by atoms with Crippen molar-refractivity contribution < 1.29 is 27.1 Å². The largest absolute Gasteiger partial charge is 0.506 e. The lowest BCUT2D eigenvalue weighted by atomic mass is 10.1. The van der Waals surface area contributed by atoms with Gasteiger partial charge in [0.2, 0.25) is 15.9 Å². The number of carbonyl (C=O) groups is 1. The third-order valence-corrected chi connectivity index (χ3v) is 6.26. The van der Waals surface area contributed by atoms with Gasteiger partial charge in [-0.3, -0.25) is 4.79 Å². The normalized spacial score (nSPS) is 11.6. The Kier molecular flexibility index (Phi) is 7.09. The van der Waals surface area contributed by atoms with Crippen molar-refractivity contribution in [2.75, 3.05) is 18.4 Å². The predicted octanol–water partition coefficient (Wildman–Crippen LogP) is 3.27. The summed E-state index contributed by atoms with van der Waals surface area (Å²) in [4.78, 5) is 12.1. The minimum absolute atomic E-state index is 0.0480. The van der Waals surface area contributed by atoms with Crippen LogP contribution in [0.15, 0.2) is 41.3 Å². The summed E-state index contributed by atoms with van der Waals surface area (Å²) < 4.78 is 53.2. The van der Waals surface area contributed by atoms with Crippen molar-refractivity contribution in [1.29, 1.82) is 0 Å². The third kappa shape index (κ3) is 5.05. The summed E-state index contributed by atoms with van der Waals surface area (Å²) in [5.41, 5.74) is -0.0184. The number of benzene rings is 2. The Balaban J connectivity index is 2.15. The summed E-state index contributed by atoms with van der Waals surface area (Å²) in [5.74, 6) is -2.10. The van der Waals surface area contributed by atoms with Gasteiger partial charge in [0.1, 0.15) is 17.4 Å². The summed E-state index contributed by atoms with van der Waals surface area (Å²) in [7, 11) is -3.76. The molecule has 0 saturated heterocycles. The Hall–Kier alpha value is -2.52. The van der Waals surface area contributed by atoms with Crippen LogP contribution in [0.25, 0.3) is 0 Å². The quantitative estimate of drug-likeness (QED) is 0.652. The van der Waals surface area contributed by atoms with Crippen molar-refractivity contribution in [3.63, 3.8) is 0 Å². The average Bonchev–Trinajstić information content (AvgIpc) is 2.65. The zero-order valence-corrected chi connectivity index (χ0v) is 16.4. The molecule has 2 rings (SSSR count).